The Morgan fingerprint density at radius 2 is 2.00 bits per heavy atom. The summed E-state index contributed by atoms with van der Waals surface area (Å²) in [7, 11) is 1.61. The van der Waals surface area contributed by atoms with Crippen LogP contribution < -0.4 is 5.32 Å². The molecule has 0 bridgehead atoms. The summed E-state index contributed by atoms with van der Waals surface area (Å²) in [6, 6.07) is 1.09. The fourth-order valence-corrected chi connectivity index (χ4v) is 5.29. The van der Waals surface area contributed by atoms with E-state index in [1.807, 2.05) is 6.92 Å². The van der Waals surface area contributed by atoms with Crippen molar-refractivity contribution < 1.29 is 34.4 Å². The van der Waals surface area contributed by atoms with E-state index in [9.17, 15) is 24.9 Å². The molecule has 2 rings (SSSR count). The van der Waals surface area contributed by atoms with E-state index in [-0.39, 0.29) is 34.8 Å². The molecule has 0 aromatic heterocycles. The minimum absolute atomic E-state index is 0.00451. The molecule has 0 saturated carbocycles. The van der Waals surface area contributed by atoms with Gasteiger partial charge in [0.05, 0.1) is 25.2 Å². The van der Waals surface area contributed by atoms with E-state index in [4.69, 9.17) is 9.47 Å². The summed E-state index contributed by atoms with van der Waals surface area (Å²) in [5.74, 6) is -1.40. The SMILES string of the molecule is C=C(C)CC(CC(=O)NCC1CCC(C)(C[C@H](CC)CCc2c(C)c(O)cc(O)c2C(=O)O)CO1)OC. The van der Waals surface area contributed by atoms with E-state index in [1.165, 1.54) is 0 Å². The number of phenolic OH excluding ortho intramolecular Hbond substituents is 1. The number of amides is 1. The molecule has 0 radical (unpaired) electrons. The number of aromatic carboxylic acids is 1. The summed E-state index contributed by atoms with van der Waals surface area (Å²) in [4.78, 5) is 24.1. The van der Waals surface area contributed by atoms with Crippen molar-refractivity contribution in [1.29, 1.82) is 0 Å². The van der Waals surface area contributed by atoms with Crippen molar-refractivity contribution in [3.05, 3.63) is 34.9 Å². The second-order valence-corrected chi connectivity index (χ2v) is 11.0. The van der Waals surface area contributed by atoms with Gasteiger partial charge < -0.3 is 30.1 Å². The normalized spacial score (nSPS) is 21.3. The summed E-state index contributed by atoms with van der Waals surface area (Å²) in [6.07, 6.45) is 5.69. The fraction of sp³-hybridized carbons (Fsp3) is 0.655. The van der Waals surface area contributed by atoms with Gasteiger partial charge in [0.25, 0.3) is 0 Å². The Kier molecular flexibility index (Phi) is 11.4. The number of benzene rings is 1. The summed E-state index contributed by atoms with van der Waals surface area (Å²) in [5.41, 5.74) is 1.84. The molecule has 37 heavy (non-hydrogen) atoms. The Hall–Kier alpha value is -2.58. The van der Waals surface area contributed by atoms with E-state index >= 15 is 0 Å². The first-order valence-electron chi connectivity index (χ1n) is 13.2. The summed E-state index contributed by atoms with van der Waals surface area (Å²) < 4.78 is 11.5. The van der Waals surface area contributed by atoms with Crippen LogP contribution in [0.4, 0.5) is 0 Å². The van der Waals surface area contributed by atoms with Crippen LogP contribution in [0.25, 0.3) is 0 Å². The molecule has 208 valence electrons. The van der Waals surface area contributed by atoms with Gasteiger partial charge in [-0.05, 0) is 74.8 Å². The summed E-state index contributed by atoms with van der Waals surface area (Å²) in [6.45, 7) is 12.9. The highest BCUT2D eigenvalue weighted by Crippen LogP contribution is 2.40. The predicted octanol–water partition coefficient (Wildman–Crippen LogP) is 5.13. The van der Waals surface area contributed by atoms with E-state index < -0.39 is 11.7 Å². The molecule has 4 N–H and O–H groups in total. The second kappa shape index (κ2) is 13.8. The fourth-order valence-electron chi connectivity index (χ4n) is 5.29. The van der Waals surface area contributed by atoms with Crippen LogP contribution >= 0.6 is 0 Å². The number of rotatable bonds is 14. The zero-order valence-corrected chi connectivity index (χ0v) is 23.1. The van der Waals surface area contributed by atoms with Crippen LogP contribution in [-0.4, -0.2) is 59.7 Å². The van der Waals surface area contributed by atoms with Crippen LogP contribution in [0.15, 0.2) is 18.2 Å². The van der Waals surface area contributed by atoms with Crippen LogP contribution in [0.2, 0.25) is 0 Å². The third kappa shape index (κ3) is 9.04. The molecule has 1 aliphatic heterocycles. The lowest BCUT2D eigenvalue weighted by molar-refractivity contribution is -0.125. The van der Waals surface area contributed by atoms with Crippen molar-refractivity contribution in [2.45, 2.75) is 91.3 Å². The first kappa shape index (κ1) is 30.6. The molecule has 0 spiro atoms. The molecule has 1 aromatic carbocycles. The zero-order chi connectivity index (χ0) is 27.8. The molecule has 8 nitrogen and oxygen atoms in total. The Morgan fingerprint density at radius 3 is 2.54 bits per heavy atom. The zero-order valence-electron chi connectivity index (χ0n) is 23.1. The summed E-state index contributed by atoms with van der Waals surface area (Å²) in [5, 5.41) is 32.7. The average Bonchev–Trinajstić information content (AvgIpc) is 2.83. The Morgan fingerprint density at radius 1 is 1.30 bits per heavy atom. The highest BCUT2D eigenvalue weighted by atomic mass is 16.5. The minimum Gasteiger partial charge on any atom is -0.508 e. The van der Waals surface area contributed by atoms with Gasteiger partial charge in [0.2, 0.25) is 5.91 Å². The van der Waals surface area contributed by atoms with Crippen LogP contribution in [0, 0.1) is 18.3 Å². The lowest BCUT2D eigenvalue weighted by atomic mass is 9.74. The molecular formula is C29H45NO7. The topological polar surface area (TPSA) is 125 Å². The van der Waals surface area contributed by atoms with Gasteiger partial charge >= 0.3 is 5.97 Å². The number of carboxylic acids is 1. The molecular weight excluding hydrogens is 474 g/mol. The van der Waals surface area contributed by atoms with Crippen molar-refractivity contribution in [1.82, 2.24) is 5.32 Å². The molecule has 1 aliphatic rings. The van der Waals surface area contributed by atoms with Gasteiger partial charge in [0, 0.05) is 19.7 Å². The van der Waals surface area contributed by atoms with Crippen molar-refractivity contribution in [3.8, 4) is 11.5 Å². The summed E-state index contributed by atoms with van der Waals surface area (Å²) >= 11 is 0. The van der Waals surface area contributed by atoms with Gasteiger partial charge in [-0.25, -0.2) is 4.79 Å². The van der Waals surface area contributed by atoms with Crippen molar-refractivity contribution in [2.75, 3.05) is 20.3 Å². The number of methoxy groups -OCH3 is 1. The molecule has 1 aromatic rings. The molecule has 8 heteroatoms. The van der Waals surface area contributed by atoms with Crippen LogP contribution in [0.5, 0.6) is 11.5 Å². The van der Waals surface area contributed by atoms with Gasteiger partial charge in [-0.2, -0.15) is 0 Å². The number of phenols is 2. The molecule has 1 amide bonds. The first-order valence-corrected chi connectivity index (χ1v) is 13.2. The average molecular weight is 520 g/mol. The monoisotopic (exact) mass is 519 g/mol. The van der Waals surface area contributed by atoms with Gasteiger partial charge in [-0.15, -0.1) is 6.58 Å². The second-order valence-electron chi connectivity index (χ2n) is 11.0. The molecule has 0 aliphatic carbocycles. The van der Waals surface area contributed by atoms with E-state index in [0.717, 1.165) is 43.7 Å². The molecule has 1 heterocycles. The number of carboxylic acid groups (broad SMARTS) is 1. The largest absolute Gasteiger partial charge is 0.508 e. The standard InChI is InChI=1S/C29H45NO7/c1-7-20(8-9-23-19(4)24(31)14-25(32)27(23)28(34)35)15-29(5)11-10-21(37-17-29)16-30-26(33)13-22(36-6)12-18(2)3/h14,20-22,31-32H,2,7-13,15-17H2,1,3-6H3,(H,30,33)(H,34,35)/t20-,21?,22?,29?/m1/s1. The molecule has 3 unspecified atom stereocenters. The molecule has 1 fully saturated rings. The van der Waals surface area contributed by atoms with Gasteiger partial charge in [-0.1, -0.05) is 25.8 Å². The maximum absolute atomic E-state index is 12.3. The third-order valence-corrected chi connectivity index (χ3v) is 7.63. The van der Waals surface area contributed by atoms with E-state index in [1.54, 1.807) is 14.0 Å². The van der Waals surface area contributed by atoms with Crippen LogP contribution in [0.3, 0.4) is 0 Å². The van der Waals surface area contributed by atoms with E-state index in [0.29, 0.717) is 49.5 Å². The molecule has 1 saturated heterocycles. The van der Waals surface area contributed by atoms with Crippen LogP contribution in [-0.2, 0) is 20.7 Å². The predicted molar refractivity (Wildman–Crippen MR) is 143 cm³/mol. The number of nitrogens with one attached hydrogen (secondary N) is 1. The van der Waals surface area contributed by atoms with Crippen LogP contribution in [0.1, 0.15) is 87.2 Å². The Balaban J connectivity index is 1.88. The first-order chi connectivity index (χ1) is 17.4. The maximum atomic E-state index is 12.3. The van der Waals surface area contributed by atoms with E-state index in [2.05, 4.69) is 25.7 Å². The number of aromatic hydroxyl groups is 2. The number of carbonyl (C=O) groups excluding carboxylic acids is 1. The third-order valence-electron chi connectivity index (χ3n) is 7.63. The number of ether oxygens (including phenoxy) is 2. The Labute approximate surface area is 221 Å². The van der Waals surface area contributed by atoms with Gasteiger partial charge in [-0.3, -0.25) is 4.79 Å². The lowest BCUT2D eigenvalue weighted by Gasteiger charge is -2.39. The quantitative estimate of drug-likeness (QED) is 0.251. The van der Waals surface area contributed by atoms with Gasteiger partial charge in [0.15, 0.2) is 0 Å². The van der Waals surface area contributed by atoms with Crippen molar-refractivity contribution >= 4 is 11.9 Å². The lowest BCUT2D eigenvalue weighted by Crippen LogP contribution is -2.42. The minimum atomic E-state index is -1.19. The highest BCUT2D eigenvalue weighted by molar-refractivity contribution is 5.93. The van der Waals surface area contributed by atoms with Gasteiger partial charge in [0.1, 0.15) is 17.1 Å². The number of hydrogen-bond acceptors (Lipinski definition) is 6. The van der Waals surface area contributed by atoms with Crippen molar-refractivity contribution in [2.24, 2.45) is 11.3 Å². The maximum Gasteiger partial charge on any atom is 0.339 e. The molecule has 4 atom stereocenters. The van der Waals surface area contributed by atoms with Crippen molar-refractivity contribution in [3.63, 3.8) is 0 Å². The number of carbonyl (C=O) groups is 2. The highest BCUT2D eigenvalue weighted by Gasteiger charge is 2.34. The Bertz CT molecular complexity index is 950. The smallest absolute Gasteiger partial charge is 0.339 e. The number of hydrogen-bond donors (Lipinski definition) is 4.